The highest BCUT2D eigenvalue weighted by atomic mass is 35.5. The Kier molecular flexibility index (Phi) is 7.67. The molecular formula is C26H21ClN2O3S2. The molecule has 3 aromatic carbocycles. The van der Waals surface area contributed by atoms with Crippen LogP contribution in [-0.4, -0.2) is 27.6 Å². The fourth-order valence-electron chi connectivity index (χ4n) is 3.23. The number of thioether (sulfide) groups is 1. The molecule has 0 saturated carbocycles. The van der Waals surface area contributed by atoms with E-state index in [-0.39, 0.29) is 18.4 Å². The van der Waals surface area contributed by atoms with Crippen LogP contribution in [0.2, 0.25) is 5.02 Å². The highest BCUT2D eigenvalue weighted by Gasteiger charge is 2.31. The van der Waals surface area contributed by atoms with Gasteiger partial charge < -0.3 is 10.1 Å². The standard InChI is InChI=1S/C26H21ClN2O3S2/c1-17-7-10-20(14-22(17)27)28-24(30)16-32-21-11-8-18(9-12-21)13-23-25(31)29(26(33)34-23)15-19-5-3-2-4-6-19/h2-14H,15-16H2,1H3,(H,28,30)/b23-13-. The van der Waals surface area contributed by atoms with Gasteiger partial charge in [0.25, 0.3) is 11.8 Å². The summed E-state index contributed by atoms with van der Waals surface area (Å²) < 4.78 is 6.12. The zero-order valence-electron chi connectivity index (χ0n) is 18.3. The summed E-state index contributed by atoms with van der Waals surface area (Å²) in [6, 6.07) is 22.3. The average Bonchev–Trinajstić information content (AvgIpc) is 3.09. The van der Waals surface area contributed by atoms with Crippen molar-refractivity contribution in [3.8, 4) is 5.75 Å². The van der Waals surface area contributed by atoms with Gasteiger partial charge in [0, 0.05) is 10.7 Å². The molecule has 1 aliphatic heterocycles. The van der Waals surface area contributed by atoms with Gasteiger partial charge in [0.2, 0.25) is 0 Å². The molecule has 0 unspecified atom stereocenters. The second kappa shape index (κ2) is 10.9. The number of nitrogens with zero attached hydrogens (tertiary/aromatic N) is 1. The molecule has 0 spiro atoms. The highest BCUT2D eigenvalue weighted by Crippen LogP contribution is 2.33. The lowest BCUT2D eigenvalue weighted by Crippen LogP contribution is -2.27. The molecule has 0 aliphatic carbocycles. The number of hydrogen-bond donors (Lipinski definition) is 1. The van der Waals surface area contributed by atoms with Crippen molar-refractivity contribution in [2.45, 2.75) is 13.5 Å². The van der Waals surface area contributed by atoms with E-state index in [0.29, 0.717) is 32.2 Å². The maximum atomic E-state index is 12.8. The van der Waals surface area contributed by atoms with Crippen LogP contribution in [0.1, 0.15) is 16.7 Å². The molecule has 4 rings (SSSR count). The maximum Gasteiger partial charge on any atom is 0.266 e. The summed E-state index contributed by atoms with van der Waals surface area (Å²) >= 11 is 12.8. The van der Waals surface area contributed by atoms with Gasteiger partial charge in [0.1, 0.15) is 10.1 Å². The van der Waals surface area contributed by atoms with Gasteiger partial charge >= 0.3 is 0 Å². The van der Waals surface area contributed by atoms with Crippen LogP contribution in [0.25, 0.3) is 6.08 Å². The van der Waals surface area contributed by atoms with E-state index in [1.807, 2.05) is 61.5 Å². The van der Waals surface area contributed by atoms with E-state index >= 15 is 0 Å². The minimum atomic E-state index is -0.286. The molecule has 5 nitrogen and oxygen atoms in total. The fourth-order valence-corrected chi connectivity index (χ4v) is 4.67. The average molecular weight is 509 g/mol. The highest BCUT2D eigenvalue weighted by molar-refractivity contribution is 8.26. The van der Waals surface area contributed by atoms with Gasteiger partial charge in [-0.3, -0.25) is 14.5 Å². The third-order valence-electron chi connectivity index (χ3n) is 5.06. The first-order valence-corrected chi connectivity index (χ1v) is 12.1. The summed E-state index contributed by atoms with van der Waals surface area (Å²) in [5, 5.41) is 3.34. The van der Waals surface area contributed by atoms with Crippen LogP contribution in [0.5, 0.6) is 5.75 Å². The van der Waals surface area contributed by atoms with Gasteiger partial charge in [-0.15, -0.1) is 0 Å². The number of amides is 2. The smallest absolute Gasteiger partial charge is 0.266 e. The van der Waals surface area contributed by atoms with Crippen LogP contribution in [-0.2, 0) is 16.1 Å². The van der Waals surface area contributed by atoms with Gasteiger partial charge in [0.15, 0.2) is 6.61 Å². The first kappa shape index (κ1) is 24.0. The van der Waals surface area contributed by atoms with Gasteiger partial charge in [-0.1, -0.05) is 84.1 Å². The Bertz CT molecular complexity index is 1260. The topological polar surface area (TPSA) is 58.6 Å². The molecule has 1 fully saturated rings. The number of benzene rings is 3. The normalized spacial score (nSPS) is 14.5. The Morgan fingerprint density at radius 1 is 1.12 bits per heavy atom. The number of aryl methyl sites for hydroxylation is 1. The lowest BCUT2D eigenvalue weighted by atomic mass is 10.2. The molecular weight excluding hydrogens is 488 g/mol. The first-order valence-electron chi connectivity index (χ1n) is 10.5. The number of rotatable bonds is 7. The summed E-state index contributed by atoms with van der Waals surface area (Å²) in [6.45, 7) is 2.21. The lowest BCUT2D eigenvalue weighted by Gasteiger charge is -2.14. The van der Waals surface area contributed by atoms with Crippen molar-refractivity contribution in [1.82, 2.24) is 4.90 Å². The van der Waals surface area contributed by atoms with E-state index in [0.717, 1.165) is 16.7 Å². The van der Waals surface area contributed by atoms with Crippen molar-refractivity contribution in [3.05, 3.63) is 99.4 Å². The van der Waals surface area contributed by atoms with E-state index in [9.17, 15) is 9.59 Å². The summed E-state index contributed by atoms with van der Waals surface area (Å²) in [4.78, 5) is 27.2. The van der Waals surface area contributed by atoms with Crippen molar-refractivity contribution in [1.29, 1.82) is 0 Å². The molecule has 0 bridgehead atoms. The molecule has 8 heteroatoms. The molecule has 1 aliphatic rings. The number of nitrogens with one attached hydrogen (secondary N) is 1. The fraction of sp³-hybridized carbons (Fsp3) is 0.115. The zero-order chi connectivity index (χ0) is 24.1. The van der Waals surface area contributed by atoms with Crippen molar-refractivity contribution in [2.24, 2.45) is 0 Å². The van der Waals surface area contributed by atoms with E-state index in [4.69, 9.17) is 28.6 Å². The molecule has 1 N–H and O–H groups in total. The molecule has 3 aromatic rings. The Morgan fingerprint density at radius 3 is 2.56 bits per heavy atom. The number of ether oxygens (including phenoxy) is 1. The lowest BCUT2D eigenvalue weighted by molar-refractivity contribution is -0.122. The van der Waals surface area contributed by atoms with Crippen molar-refractivity contribution in [3.63, 3.8) is 0 Å². The number of carbonyl (C=O) groups excluding carboxylic acids is 2. The molecule has 0 radical (unpaired) electrons. The third-order valence-corrected chi connectivity index (χ3v) is 6.85. The Labute approximate surface area is 212 Å². The number of hydrogen-bond acceptors (Lipinski definition) is 5. The predicted molar refractivity (Wildman–Crippen MR) is 142 cm³/mol. The molecule has 172 valence electrons. The molecule has 2 amide bonds. The minimum absolute atomic E-state index is 0.105. The van der Waals surface area contributed by atoms with Crippen LogP contribution in [0.15, 0.2) is 77.7 Å². The van der Waals surface area contributed by atoms with Crippen molar-refractivity contribution in [2.75, 3.05) is 11.9 Å². The van der Waals surface area contributed by atoms with Gasteiger partial charge in [-0.05, 0) is 54.0 Å². The van der Waals surface area contributed by atoms with Crippen LogP contribution >= 0.6 is 35.6 Å². The minimum Gasteiger partial charge on any atom is -0.484 e. The zero-order valence-corrected chi connectivity index (χ0v) is 20.7. The van der Waals surface area contributed by atoms with Crippen LogP contribution < -0.4 is 10.1 Å². The molecule has 34 heavy (non-hydrogen) atoms. The van der Waals surface area contributed by atoms with E-state index < -0.39 is 0 Å². The predicted octanol–water partition coefficient (Wildman–Crippen LogP) is 6.07. The van der Waals surface area contributed by atoms with Crippen LogP contribution in [0.4, 0.5) is 5.69 Å². The number of halogens is 1. The second-order valence-electron chi connectivity index (χ2n) is 7.62. The summed E-state index contributed by atoms with van der Waals surface area (Å²) in [6.07, 6.45) is 1.81. The Balaban J connectivity index is 1.33. The largest absolute Gasteiger partial charge is 0.484 e. The summed E-state index contributed by atoms with van der Waals surface area (Å²) in [7, 11) is 0. The molecule has 1 heterocycles. The SMILES string of the molecule is Cc1ccc(NC(=O)COc2ccc(/C=C3\SC(=S)N(Cc4ccccc4)C3=O)cc2)cc1Cl. The second-order valence-corrected chi connectivity index (χ2v) is 9.71. The van der Waals surface area contributed by atoms with Crippen molar-refractivity contribution >= 4 is 63.5 Å². The quantitative estimate of drug-likeness (QED) is 0.310. The molecule has 1 saturated heterocycles. The van der Waals surface area contributed by atoms with E-state index in [1.165, 1.54) is 11.8 Å². The van der Waals surface area contributed by atoms with Crippen molar-refractivity contribution < 1.29 is 14.3 Å². The summed E-state index contributed by atoms with van der Waals surface area (Å²) in [5.74, 6) is 0.156. The van der Waals surface area contributed by atoms with Crippen LogP contribution in [0, 0.1) is 6.92 Å². The molecule has 0 aromatic heterocycles. The Morgan fingerprint density at radius 2 is 1.85 bits per heavy atom. The van der Waals surface area contributed by atoms with Gasteiger partial charge in [-0.25, -0.2) is 0 Å². The third kappa shape index (κ3) is 6.05. The number of carbonyl (C=O) groups is 2. The maximum absolute atomic E-state index is 12.8. The van der Waals surface area contributed by atoms with E-state index in [1.54, 1.807) is 29.2 Å². The number of anilines is 1. The monoisotopic (exact) mass is 508 g/mol. The summed E-state index contributed by atoms with van der Waals surface area (Å²) in [5.41, 5.74) is 3.42. The van der Waals surface area contributed by atoms with Crippen LogP contribution in [0.3, 0.4) is 0 Å². The first-order chi connectivity index (χ1) is 16.4. The van der Waals surface area contributed by atoms with E-state index in [2.05, 4.69) is 5.32 Å². The van der Waals surface area contributed by atoms with Gasteiger partial charge in [0.05, 0.1) is 11.4 Å². The number of thiocarbonyl (C=S) groups is 1. The molecule has 0 atom stereocenters. The van der Waals surface area contributed by atoms with Gasteiger partial charge in [-0.2, -0.15) is 0 Å². The Hall–Kier alpha value is -3.13.